The van der Waals surface area contributed by atoms with Crippen LogP contribution in [0.4, 0.5) is 11.4 Å². The number of carbonyl (C=O) groups excluding carboxylic acids is 1. The second kappa shape index (κ2) is 9.76. The first-order chi connectivity index (χ1) is 14.8. The van der Waals surface area contributed by atoms with Crippen molar-refractivity contribution >= 4 is 39.1 Å². The zero-order valence-corrected chi connectivity index (χ0v) is 18.6. The first kappa shape index (κ1) is 22.5. The zero-order chi connectivity index (χ0) is 22.4. The smallest absolute Gasteiger partial charge is 0.262 e. The Balaban J connectivity index is 1.73. The third kappa shape index (κ3) is 5.93. The summed E-state index contributed by atoms with van der Waals surface area (Å²) in [6.07, 6.45) is 0. The first-order valence-corrected chi connectivity index (χ1v) is 11.7. The maximum Gasteiger partial charge on any atom is 0.262 e. The molecule has 3 aromatic carbocycles. The summed E-state index contributed by atoms with van der Waals surface area (Å²) in [6, 6.07) is 18.0. The molecule has 162 valence electrons. The maximum absolute atomic E-state index is 12.8. The molecule has 3 rings (SSSR count). The van der Waals surface area contributed by atoms with Gasteiger partial charge in [0, 0.05) is 4.90 Å². The molecular formula is C22H22N2O5S2. The molecule has 0 aliphatic carbocycles. The van der Waals surface area contributed by atoms with Gasteiger partial charge in [-0.15, -0.1) is 11.8 Å². The van der Waals surface area contributed by atoms with Crippen LogP contribution in [0.5, 0.6) is 11.5 Å². The van der Waals surface area contributed by atoms with Crippen molar-refractivity contribution in [2.45, 2.75) is 16.7 Å². The van der Waals surface area contributed by atoms with E-state index in [1.54, 1.807) is 24.3 Å². The summed E-state index contributed by atoms with van der Waals surface area (Å²) >= 11 is 1.34. The van der Waals surface area contributed by atoms with E-state index in [-0.39, 0.29) is 33.7 Å². The van der Waals surface area contributed by atoms with Crippen LogP contribution in [0.15, 0.2) is 76.5 Å². The number of hydrogen-bond donors (Lipinski definition) is 3. The van der Waals surface area contributed by atoms with E-state index in [1.807, 2.05) is 31.2 Å². The number of phenolic OH excluding ortho intramolecular Hbond substituents is 1. The van der Waals surface area contributed by atoms with E-state index in [2.05, 4.69) is 10.0 Å². The summed E-state index contributed by atoms with van der Waals surface area (Å²) < 4.78 is 33.2. The topological polar surface area (TPSA) is 105 Å². The summed E-state index contributed by atoms with van der Waals surface area (Å²) in [6.45, 7) is 1.98. The minimum Gasteiger partial charge on any atom is -0.506 e. The summed E-state index contributed by atoms with van der Waals surface area (Å²) in [5, 5.41) is 12.6. The Morgan fingerprint density at radius 3 is 2.45 bits per heavy atom. The van der Waals surface area contributed by atoms with E-state index in [9.17, 15) is 18.3 Å². The van der Waals surface area contributed by atoms with Gasteiger partial charge in [-0.2, -0.15) is 0 Å². The lowest BCUT2D eigenvalue weighted by Gasteiger charge is -2.13. The van der Waals surface area contributed by atoms with Crippen LogP contribution in [0.2, 0.25) is 0 Å². The number of methoxy groups -OCH3 is 1. The Morgan fingerprint density at radius 1 is 1.03 bits per heavy atom. The lowest BCUT2D eigenvalue weighted by atomic mass is 10.2. The van der Waals surface area contributed by atoms with Crippen molar-refractivity contribution in [1.29, 1.82) is 0 Å². The fourth-order valence-corrected chi connectivity index (χ4v) is 4.48. The van der Waals surface area contributed by atoms with E-state index in [0.29, 0.717) is 5.75 Å². The van der Waals surface area contributed by atoms with Crippen LogP contribution < -0.4 is 14.8 Å². The molecule has 31 heavy (non-hydrogen) atoms. The van der Waals surface area contributed by atoms with Crippen molar-refractivity contribution < 1.29 is 23.1 Å². The fourth-order valence-electron chi connectivity index (χ4n) is 2.68. The summed E-state index contributed by atoms with van der Waals surface area (Å²) in [5.74, 6) is -0.122. The molecule has 0 aliphatic rings. The average Bonchev–Trinajstić information content (AvgIpc) is 2.75. The van der Waals surface area contributed by atoms with Gasteiger partial charge in [-0.05, 0) is 49.4 Å². The lowest BCUT2D eigenvalue weighted by molar-refractivity contribution is -0.113. The van der Waals surface area contributed by atoms with Crippen LogP contribution in [0.3, 0.4) is 0 Å². The van der Waals surface area contributed by atoms with Crippen LogP contribution >= 0.6 is 11.8 Å². The van der Waals surface area contributed by atoms with Gasteiger partial charge < -0.3 is 15.2 Å². The second-order valence-electron chi connectivity index (χ2n) is 6.63. The highest BCUT2D eigenvalue weighted by Gasteiger charge is 2.19. The predicted octanol–water partition coefficient (Wildman–Crippen LogP) is 4.24. The number of aromatic hydroxyl groups is 1. The van der Waals surface area contributed by atoms with E-state index in [4.69, 9.17) is 4.74 Å². The average molecular weight is 459 g/mol. The van der Waals surface area contributed by atoms with Gasteiger partial charge in [-0.3, -0.25) is 9.52 Å². The molecule has 3 N–H and O–H groups in total. The molecule has 7 nitrogen and oxygen atoms in total. The molecule has 9 heteroatoms. The molecule has 0 aliphatic heterocycles. The first-order valence-electron chi connectivity index (χ1n) is 9.26. The van der Waals surface area contributed by atoms with Crippen molar-refractivity contribution in [2.24, 2.45) is 0 Å². The van der Waals surface area contributed by atoms with E-state index in [0.717, 1.165) is 10.5 Å². The van der Waals surface area contributed by atoms with Crippen LogP contribution in [-0.2, 0) is 14.8 Å². The number of rotatable bonds is 8. The normalized spacial score (nSPS) is 11.0. The number of nitrogens with one attached hydrogen (secondary N) is 2. The highest BCUT2D eigenvalue weighted by atomic mass is 32.2. The number of hydrogen-bond acceptors (Lipinski definition) is 6. The molecule has 0 unspecified atom stereocenters. The van der Waals surface area contributed by atoms with Gasteiger partial charge in [0.2, 0.25) is 5.91 Å². The van der Waals surface area contributed by atoms with E-state index < -0.39 is 10.0 Å². The molecule has 0 saturated carbocycles. The van der Waals surface area contributed by atoms with Crippen molar-refractivity contribution in [1.82, 2.24) is 0 Å². The van der Waals surface area contributed by atoms with Gasteiger partial charge in [0.25, 0.3) is 10.0 Å². The Labute approximate surface area is 185 Å². The standard InChI is InChI=1S/C22H22N2O5S2/c1-15-7-9-16(10-8-15)30-14-22(26)23-19-13-17(11-12-20(19)25)31(27,28)24-18-5-3-4-6-21(18)29-2/h3-13,24-25H,14H2,1-2H3,(H,23,26). The van der Waals surface area contributed by atoms with Crippen LogP contribution in [0.25, 0.3) is 0 Å². The quantitative estimate of drug-likeness (QED) is 0.344. The SMILES string of the molecule is COc1ccccc1NS(=O)(=O)c1ccc(O)c(NC(=O)CSc2ccc(C)cc2)c1. The number of benzene rings is 3. The molecule has 0 atom stereocenters. The minimum absolute atomic E-state index is 0.0115. The molecule has 1 amide bonds. The molecule has 0 bridgehead atoms. The number of phenols is 1. The third-order valence-corrected chi connectivity index (χ3v) is 6.67. The van der Waals surface area contributed by atoms with Gasteiger partial charge in [0.1, 0.15) is 11.5 Å². The molecule has 3 aromatic rings. The lowest BCUT2D eigenvalue weighted by Crippen LogP contribution is -2.16. The number of sulfonamides is 1. The monoisotopic (exact) mass is 458 g/mol. The van der Waals surface area contributed by atoms with Gasteiger partial charge in [-0.1, -0.05) is 29.8 Å². The molecule has 0 aromatic heterocycles. The summed E-state index contributed by atoms with van der Waals surface area (Å²) in [7, 11) is -2.54. The second-order valence-corrected chi connectivity index (χ2v) is 9.37. The molecule has 0 spiro atoms. The van der Waals surface area contributed by atoms with Crippen molar-refractivity contribution in [3.05, 3.63) is 72.3 Å². The molecular weight excluding hydrogens is 436 g/mol. The van der Waals surface area contributed by atoms with Crippen LogP contribution in [0, 0.1) is 6.92 Å². The highest BCUT2D eigenvalue weighted by molar-refractivity contribution is 8.00. The third-order valence-electron chi connectivity index (χ3n) is 4.29. The largest absolute Gasteiger partial charge is 0.506 e. The maximum atomic E-state index is 12.8. The molecule has 0 saturated heterocycles. The minimum atomic E-state index is -3.98. The van der Waals surface area contributed by atoms with Crippen molar-refractivity contribution in [3.8, 4) is 11.5 Å². The number of aryl methyl sites for hydroxylation is 1. The van der Waals surface area contributed by atoms with Crippen molar-refractivity contribution in [3.63, 3.8) is 0 Å². The molecule has 0 fully saturated rings. The van der Waals surface area contributed by atoms with Crippen molar-refractivity contribution in [2.75, 3.05) is 22.9 Å². The Hall–Kier alpha value is -3.17. The predicted molar refractivity (Wildman–Crippen MR) is 122 cm³/mol. The highest BCUT2D eigenvalue weighted by Crippen LogP contribution is 2.30. The van der Waals surface area contributed by atoms with Gasteiger partial charge >= 0.3 is 0 Å². The Kier molecular flexibility index (Phi) is 7.09. The van der Waals surface area contributed by atoms with Gasteiger partial charge in [0.15, 0.2) is 0 Å². The van der Waals surface area contributed by atoms with Gasteiger partial charge in [0.05, 0.1) is 29.1 Å². The fraction of sp³-hybridized carbons (Fsp3) is 0.136. The Bertz CT molecular complexity index is 1180. The molecule has 0 radical (unpaired) electrons. The number of carbonyl (C=O) groups is 1. The summed E-state index contributed by atoms with van der Waals surface area (Å²) in [4.78, 5) is 13.1. The zero-order valence-electron chi connectivity index (χ0n) is 17.0. The number of para-hydroxylation sites is 2. The van der Waals surface area contributed by atoms with Crippen LogP contribution in [-0.4, -0.2) is 32.3 Å². The van der Waals surface area contributed by atoms with Crippen LogP contribution in [0.1, 0.15) is 5.56 Å². The number of anilines is 2. The number of ether oxygens (including phenoxy) is 1. The van der Waals surface area contributed by atoms with E-state index in [1.165, 1.54) is 37.1 Å². The van der Waals surface area contributed by atoms with E-state index >= 15 is 0 Å². The number of amides is 1. The molecule has 0 heterocycles. The summed E-state index contributed by atoms with van der Waals surface area (Å²) in [5.41, 5.74) is 1.41. The van der Waals surface area contributed by atoms with Gasteiger partial charge in [-0.25, -0.2) is 8.42 Å². The Morgan fingerprint density at radius 2 is 1.74 bits per heavy atom. The number of thioether (sulfide) groups is 1.